The van der Waals surface area contributed by atoms with E-state index in [2.05, 4.69) is 10.1 Å². The zero-order chi connectivity index (χ0) is 20.8. The molecule has 0 amide bonds. The van der Waals surface area contributed by atoms with Crippen LogP contribution in [-0.2, 0) is 11.8 Å². The van der Waals surface area contributed by atoms with Gasteiger partial charge in [0, 0.05) is 24.4 Å². The number of benzene rings is 1. The van der Waals surface area contributed by atoms with Gasteiger partial charge in [0.1, 0.15) is 17.3 Å². The molecule has 0 saturated carbocycles. The molecule has 1 aromatic carbocycles. The average Bonchev–Trinajstić information content (AvgIpc) is 3.36. The minimum absolute atomic E-state index is 0.209. The highest BCUT2D eigenvalue weighted by atomic mass is 16.5. The van der Waals surface area contributed by atoms with Crippen LogP contribution >= 0.6 is 0 Å². The molecule has 3 aromatic heterocycles. The van der Waals surface area contributed by atoms with Gasteiger partial charge < -0.3 is 9.84 Å². The summed E-state index contributed by atoms with van der Waals surface area (Å²) in [6.45, 7) is 2.51. The molecule has 1 saturated heterocycles. The Morgan fingerprint density at radius 2 is 1.97 bits per heavy atom. The fourth-order valence-corrected chi connectivity index (χ4v) is 3.79. The van der Waals surface area contributed by atoms with Gasteiger partial charge >= 0.3 is 0 Å². The number of aliphatic hydroxyl groups excluding tert-OH is 1. The summed E-state index contributed by atoms with van der Waals surface area (Å²) in [7, 11) is 1.83. The number of hydrogen-bond acceptors (Lipinski definition) is 6. The zero-order valence-corrected chi connectivity index (χ0v) is 16.7. The first-order valence-corrected chi connectivity index (χ1v) is 9.75. The molecule has 0 aliphatic carbocycles. The molecule has 0 bridgehead atoms. The molecule has 1 N–H and O–H groups in total. The van der Waals surface area contributed by atoms with Crippen LogP contribution in [0.15, 0.2) is 53.8 Å². The number of rotatable bonds is 3. The number of nitrogens with zero attached hydrogens (tertiary/aromatic N) is 5. The van der Waals surface area contributed by atoms with Gasteiger partial charge in [0.15, 0.2) is 0 Å². The lowest BCUT2D eigenvalue weighted by atomic mass is 10.1. The number of aromatic nitrogens is 5. The lowest BCUT2D eigenvalue weighted by Gasteiger charge is -2.17. The maximum atomic E-state index is 13.4. The Morgan fingerprint density at radius 3 is 2.63 bits per heavy atom. The summed E-state index contributed by atoms with van der Waals surface area (Å²) in [5, 5.41) is 14.9. The van der Waals surface area contributed by atoms with Crippen molar-refractivity contribution in [2.75, 3.05) is 13.2 Å². The van der Waals surface area contributed by atoms with Gasteiger partial charge in [-0.05, 0) is 13.0 Å². The molecule has 152 valence electrons. The van der Waals surface area contributed by atoms with Crippen LogP contribution in [0, 0.1) is 6.92 Å². The fourth-order valence-electron chi connectivity index (χ4n) is 3.79. The van der Waals surface area contributed by atoms with Gasteiger partial charge in [-0.1, -0.05) is 29.8 Å². The number of aliphatic hydroxyl groups is 1. The van der Waals surface area contributed by atoms with Crippen molar-refractivity contribution in [1.29, 1.82) is 0 Å². The molecule has 4 heterocycles. The van der Waals surface area contributed by atoms with Gasteiger partial charge in [-0.15, -0.1) is 0 Å². The number of ether oxygens (including phenoxy) is 1. The van der Waals surface area contributed by atoms with Gasteiger partial charge in [-0.3, -0.25) is 14.0 Å². The maximum Gasteiger partial charge on any atom is 0.261 e. The van der Waals surface area contributed by atoms with Crippen LogP contribution in [0.25, 0.3) is 33.4 Å². The van der Waals surface area contributed by atoms with E-state index in [1.807, 2.05) is 44.4 Å². The summed E-state index contributed by atoms with van der Waals surface area (Å²) < 4.78 is 8.48. The quantitative estimate of drug-likeness (QED) is 0.563. The fraction of sp³-hybridized carbons (Fsp3) is 0.273. The van der Waals surface area contributed by atoms with Crippen LogP contribution in [0.5, 0.6) is 0 Å². The van der Waals surface area contributed by atoms with E-state index in [-0.39, 0.29) is 18.8 Å². The second-order valence-corrected chi connectivity index (χ2v) is 7.65. The number of hydrogen-bond donors (Lipinski definition) is 1. The summed E-state index contributed by atoms with van der Waals surface area (Å²) >= 11 is 0. The maximum absolute atomic E-state index is 13.4. The van der Waals surface area contributed by atoms with E-state index in [0.29, 0.717) is 22.3 Å². The summed E-state index contributed by atoms with van der Waals surface area (Å²) in [6, 6.07) is 9.32. The summed E-state index contributed by atoms with van der Waals surface area (Å²) in [6.07, 6.45) is 4.30. The first-order chi connectivity index (χ1) is 14.5. The Hall–Kier alpha value is -3.36. The highest BCUT2D eigenvalue weighted by molar-refractivity contribution is 5.93. The Bertz CT molecular complexity index is 1290. The van der Waals surface area contributed by atoms with Gasteiger partial charge in [-0.2, -0.15) is 5.10 Å². The summed E-state index contributed by atoms with van der Waals surface area (Å²) in [5.41, 5.74) is 4.40. The Morgan fingerprint density at radius 1 is 1.17 bits per heavy atom. The van der Waals surface area contributed by atoms with E-state index in [9.17, 15) is 9.90 Å². The third kappa shape index (κ3) is 3.10. The Labute approximate surface area is 172 Å². The Balaban J connectivity index is 1.78. The molecule has 0 radical (unpaired) electrons. The zero-order valence-electron chi connectivity index (χ0n) is 16.7. The molecule has 0 spiro atoms. The first-order valence-electron chi connectivity index (χ1n) is 9.75. The van der Waals surface area contributed by atoms with Crippen LogP contribution in [0.4, 0.5) is 0 Å². The molecular weight excluding hydrogens is 382 g/mol. The van der Waals surface area contributed by atoms with Crippen molar-refractivity contribution in [2.24, 2.45) is 7.05 Å². The molecule has 5 rings (SSSR count). The Kier molecular flexibility index (Phi) is 4.45. The lowest BCUT2D eigenvalue weighted by Crippen LogP contribution is -2.32. The van der Waals surface area contributed by atoms with E-state index in [4.69, 9.17) is 9.72 Å². The van der Waals surface area contributed by atoms with Crippen LogP contribution in [0.2, 0.25) is 0 Å². The molecule has 1 aliphatic rings. The van der Waals surface area contributed by atoms with Crippen LogP contribution in [-0.4, -0.2) is 48.7 Å². The van der Waals surface area contributed by atoms with Crippen molar-refractivity contribution in [3.63, 3.8) is 0 Å². The van der Waals surface area contributed by atoms with Crippen molar-refractivity contribution in [1.82, 2.24) is 24.3 Å². The SMILES string of the molecule is Cc1ccc(-c2cc3c(=O)n(C4COC[C@H]4O)cnc3c(-c3cnn(C)c3)n2)cc1. The minimum Gasteiger partial charge on any atom is -0.388 e. The third-order valence-electron chi connectivity index (χ3n) is 5.47. The predicted octanol–water partition coefficient (Wildman–Crippen LogP) is 2.10. The normalized spacial score (nSPS) is 18.9. The predicted molar refractivity (Wildman–Crippen MR) is 112 cm³/mol. The highest BCUT2D eigenvalue weighted by Gasteiger charge is 2.29. The van der Waals surface area contributed by atoms with Crippen molar-refractivity contribution in [3.05, 3.63) is 65.0 Å². The number of aryl methyl sites for hydroxylation is 2. The summed E-state index contributed by atoms with van der Waals surface area (Å²) in [5.74, 6) is 0. The smallest absolute Gasteiger partial charge is 0.261 e. The standard InChI is InChI=1S/C22H21N5O3/c1-13-3-5-14(6-4-13)17-7-16-21(20(25-17)15-8-24-26(2)9-15)23-12-27(22(16)29)18-10-30-11-19(18)28/h3-9,12,18-19,28H,10-11H2,1-2H3/t18?,19-/m1/s1. The largest absolute Gasteiger partial charge is 0.388 e. The topological polar surface area (TPSA) is 95.1 Å². The molecule has 1 fully saturated rings. The van der Waals surface area contributed by atoms with Crippen LogP contribution in [0.1, 0.15) is 11.6 Å². The molecular formula is C22H21N5O3. The van der Waals surface area contributed by atoms with E-state index >= 15 is 0 Å². The molecule has 8 nitrogen and oxygen atoms in total. The molecule has 30 heavy (non-hydrogen) atoms. The molecule has 4 aromatic rings. The van der Waals surface area contributed by atoms with Crippen molar-refractivity contribution in [3.8, 4) is 22.5 Å². The first kappa shape index (κ1) is 18.7. The molecule has 8 heteroatoms. The lowest BCUT2D eigenvalue weighted by molar-refractivity contribution is 0.119. The minimum atomic E-state index is -0.738. The van der Waals surface area contributed by atoms with Crippen LogP contribution < -0.4 is 5.56 Å². The third-order valence-corrected chi connectivity index (χ3v) is 5.47. The molecule has 2 atom stereocenters. The van der Waals surface area contributed by atoms with Gasteiger partial charge in [0.05, 0.1) is 42.9 Å². The van der Waals surface area contributed by atoms with E-state index in [1.165, 1.54) is 10.9 Å². The van der Waals surface area contributed by atoms with Gasteiger partial charge in [0.25, 0.3) is 5.56 Å². The highest BCUT2D eigenvalue weighted by Crippen LogP contribution is 2.29. The van der Waals surface area contributed by atoms with Gasteiger partial charge in [-0.25, -0.2) is 9.97 Å². The second kappa shape index (κ2) is 7.16. The van der Waals surface area contributed by atoms with Gasteiger partial charge in [0.2, 0.25) is 0 Å². The average molecular weight is 403 g/mol. The van der Waals surface area contributed by atoms with E-state index in [1.54, 1.807) is 16.9 Å². The van der Waals surface area contributed by atoms with Crippen LogP contribution in [0.3, 0.4) is 0 Å². The molecule has 1 aliphatic heterocycles. The monoisotopic (exact) mass is 403 g/mol. The van der Waals surface area contributed by atoms with Crippen molar-refractivity contribution >= 4 is 10.9 Å². The summed E-state index contributed by atoms with van der Waals surface area (Å²) in [4.78, 5) is 22.8. The van der Waals surface area contributed by atoms with Crippen molar-refractivity contribution < 1.29 is 9.84 Å². The van der Waals surface area contributed by atoms with E-state index in [0.717, 1.165) is 16.7 Å². The van der Waals surface area contributed by atoms with E-state index < -0.39 is 12.1 Å². The molecule has 1 unspecified atom stereocenters. The van der Waals surface area contributed by atoms with Crippen molar-refractivity contribution in [2.45, 2.75) is 19.1 Å². The number of pyridine rings is 1. The second-order valence-electron chi connectivity index (χ2n) is 7.65. The number of fused-ring (bicyclic) bond motifs is 1.